The maximum atomic E-state index is 12.8. The van der Waals surface area contributed by atoms with Crippen molar-refractivity contribution >= 4 is 65.1 Å². The Morgan fingerprint density at radius 2 is 1.58 bits per heavy atom. The van der Waals surface area contributed by atoms with Crippen LogP contribution in [-0.4, -0.2) is 129 Å². The van der Waals surface area contributed by atoms with Crippen molar-refractivity contribution in [2.24, 2.45) is 0 Å². The van der Waals surface area contributed by atoms with Gasteiger partial charge < -0.3 is 57.6 Å². The number of carboxylic acid groups (broad SMARTS) is 2. The topological polar surface area (TPSA) is 352 Å². The van der Waals surface area contributed by atoms with Crippen LogP contribution in [0.4, 0.5) is 11.6 Å². The van der Waals surface area contributed by atoms with Crippen molar-refractivity contribution in [1.29, 1.82) is 0 Å². The quantitative estimate of drug-likeness (QED) is 0.0555. The van der Waals surface area contributed by atoms with E-state index in [0.717, 1.165) is 0 Å². The number of nitrogens with zero attached hydrogens (tertiary/aromatic N) is 3. The summed E-state index contributed by atoms with van der Waals surface area (Å²) in [6.45, 7) is -0.899. The maximum Gasteiger partial charge on any atom is 0.327 e. The van der Waals surface area contributed by atoms with Crippen LogP contribution in [0.2, 0.25) is 0 Å². The van der Waals surface area contributed by atoms with Crippen LogP contribution in [-0.2, 0) is 25.7 Å². The molecule has 0 aliphatic rings. The molecule has 22 heteroatoms. The lowest BCUT2D eigenvalue weighted by Gasteiger charge is -2.29. The molecular formula is C28H35N9O12S. The molecule has 0 spiro atoms. The monoisotopic (exact) mass is 721 g/mol. The molecular weight excluding hydrogens is 686 g/mol. The molecule has 0 bridgehead atoms. The van der Waals surface area contributed by atoms with Gasteiger partial charge in [-0.25, -0.2) is 19.6 Å². The smallest absolute Gasteiger partial charge is 0.327 e. The number of rotatable bonds is 18. The molecule has 50 heavy (non-hydrogen) atoms. The van der Waals surface area contributed by atoms with Crippen molar-refractivity contribution in [1.82, 2.24) is 35.9 Å². The average molecular weight is 722 g/mol. The first-order valence-electron chi connectivity index (χ1n) is 14.6. The number of aliphatic hydroxyl groups is 4. The van der Waals surface area contributed by atoms with E-state index in [1.165, 1.54) is 30.5 Å². The lowest BCUT2D eigenvalue weighted by Crippen LogP contribution is -2.61. The van der Waals surface area contributed by atoms with Gasteiger partial charge in [-0.15, -0.1) is 0 Å². The van der Waals surface area contributed by atoms with Gasteiger partial charge in [0.15, 0.2) is 11.2 Å². The number of H-pyrrole nitrogens is 1. The summed E-state index contributed by atoms with van der Waals surface area (Å²) in [7, 11) is 0. The van der Waals surface area contributed by atoms with Gasteiger partial charge in [0, 0.05) is 23.4 Å². The van der Waals surface area contributed by atoms with Crippen molar-refractivity contribution in [3.63, 3.8) is 0 Å². The summed E-state index contributed by atoms with van der Waals surface area (Å²) >= 11 is 3.80. The zero-order chi connectivity index (χ0) is 37.1. The summed E-state index contributed by atoms with van der Waals surface area (Å²) in [5.41, 5.74) is 5.99. The summed E-state index contributed by atoms with van der Waals surface area (Å²) in [4.78, 5) is 88.0. The molecule has 2 unspecified atom stereocenters. The molecule has 0 aliphatic heterocycles. The van der Waals surface area contributed by atoms with Crippen LogP contribution in [0.5, 0.6) is 0 Å². The number of nitrogens with one attached hydrogen (secondary N) is 5. The minimum atomic E-state index is -2.25. The Bertz CT molecular complexity index is 1760. The Kier molecular flexibility index (Phi) is 13.9. The number of hydrogen-bond donors (Lipinski definition) is 13. The van der Waals surface area contributed by atoms with Crippen LogP contribution in [0, 0.1) is 0 Å². The van der Waals surface area contributed by atoms with Crippen LogP contribution in [0.1, 0.15) is 28.9 Å². The fourth-order valence-electron chi connectivity index (χ4n) is 4.29. The van der Waals surface area contributed by atoms with Gasteiger partial charge in [-0.2, -0.15) is 17.6 Å². The summed E-state index contributed by atoms with van der Waals surface area (Å²) in [5, 5.41) is 67.5. The van der Waals surface area contributed by atoms with Crippen LogP contribution < -0.4 is 32.6 Å². The number of carboxylic acids is 2. The second-order valence-corrected chi connectivity index (χ2v) is 11.0. The fourth-order valence-corrected chi connectivity index (χ4v) is 4.54. The van der Waals surface area contributed by atoms with Crippen LogP contribution >= 0.6 is 12.6 Å². The van der Waals surface area contributed by atoms with Crippen molar-refractivity contribution in [3.05, 3.63) is 52.1 Å². The highest BCUT2D eigenvalue weighted by Gasteiger charge is 2.38. The number of carbonyl (C=O) groups excluding carboxylic acids is 3. The number of nitrogen functional groups attached to an aromatic ring is 1. The van der Waals surface area contributed by atoms with Gasteiger partial charge in [-0.3, -0.25) is 24.2 Å². The van der Waals surface area contributed by atoms with E-state index in [-0.39, 0.29) is 29.2 Å². The largest absolute Gasteiger partial charge is 0.480 e. The van der Waals surface area contributed by atoms with E-state index in [4.69, 9.17) is 10.8 Å². The number of amides is 3. The molecule has 0 aliphatic carbocycles. The zero-order valence-corrected chi connectivity index (χ0v) is 26.8. The molecule has 0 radical (unpaired) electrons. The lowest BCUT2D eigenvalue weighted by atomic mass is 9.99. The Morgan fingerprint density at radius 3 is 2.18 bits per heavy atom. The molecule has 13 N–H and O–H groups in total. The molecule has 1 aromatic carbocycles. The van der Waals surface area contributed by atoms with Gasteiger partial charge in [0.1, 0.15) is 36.4 Å². The fraction of sp³-hybridized carbons (Fsp3) is 0.393. The van der Waals surface area contributed by atoms with E-state index in [0.29, 0.717) is 11.4 Å². The molecule has 2 heterocycles. The van der Waals surface area contributed by atoms with Crippen molar-refractivity contribution in [2.45, 2.75) is 55.8 Å². The molecule has 3 aromatic rings. The van der Waals surface area contributed by atoms with Gasteiger partial charge in [0.05, 0.1) is 25.0 Å². The predicted molar refractivity (Wildman–Crippen MR) is 175 cm³/mol. The molecule has 0 saturated carbocycles. The highest BCUT2D eigenvalue weighted by Crippen LogP contribution is 2.13. The molecule has 21 nitrogen and oxygen atoms in total. The molecule has 3 amide bonds. The Hall–Kier alpha value is -5.42. The number of thiol groups is 1. The Labute approximate surface area is 286 Å². The van der Waals surface area contributed by atoms with Crippen molar-refractivity contribution < 1.29 is 54.6 Å². The Balaban J connectivity index is 1.61. The van der Waals surface area contributed by atoms with Crippen molar-refractivity contribution in [3.8, 4) is 0 Å². The van der Waals surface area contributed by atoms with Crippen molar-refractivity contribution in [2.75, 3.05) is 23.4 Å². The number of carbonyl (C=O) groups is 5. The second kappa shape index (κ2) is 17.8. The summed E-state index contributed by atoms with van der Waals surface area (Å²) < 4.78 is 0. The molecule has 0 fully saturated rings. The van der Waals surface area contributed by atoms with E-state index in [1.807, 2.05) is 10.6 Å². The molecule has 2 aromatic heterocycles. The number of aliphatic carboxylic acids is 2. The number of hydrogen-bond acceptors (Lipinski definition) is 16. The summed E-state index contributed by atoms with van der Waals surface area (Å²) in [6, 6.07) is 0.574. The van der Waals surface area contributed by atoms with Gasteiger partial charge in [-0.05, 0) is 30.7 Å². The molecule has 270 valence electrons. The third-order valence-electron chi connectivity index (χ3n) is 7.04. The van der Waals surface area contributed by atoms with E-state index in [1.54, 1.807) is 0 Å². The number of benzene rings is 1. The van der Waals surface area contributed by atoms with E-state index in [2.05, 4.69) is 43.2 Å². The average Bonchev–Trinajstić information content (AvgIpc) is 3.09. The normalized spacial score (nSPS) is 14.7. The minimum Gasteiger partial charge on any atom is -0.480 e. The number of fused-ring (bicyclic) bond motifs is 1. The minimum absolute atomic E-state index is 0.00583. The summed E-state index contributed by atoms with van der Waals surface area (Å²) in [6.07, 6.45) is -6.11. The number of nitrogens with two attached hydrogens (primary N) is 1. The Morgan fingerprint density at radius 1 is 0.920 bits per heavy atom. The first kappa shape index (κ1) is 39.0. The van der Waals surface area contributed by atoms with Gasteiger partial charge in [-0.1, -0.05) is 0 Å². The van der Waals surface area contributed by atoms with Crippen LogP contribution in [0.25, 0.3) is 11.2 Å². The first-order chi connectivity index (χ1) is 23.6. The van der Waals surface area contributed by atoms with Gasteiger partial charge in [0.2, 0.25) is 17.8 Å². The molecule has 0 saturated heterocycles. The van der Waals surface area contributed by atoms with Gasteiger partial charge in [0.25, 0.3) is 11.5 Å². The molecule has 6 atom stereocenters. The van der Waals surface area contributed by atoms with Crippen LogP contribution in [0.3, 0.4) is 0 Å². The predicted octanol–water partition coefficient (Wildman–Crippen LogP) is -4.07. The van der Waals surface area contributed by atoms with E-state index >= 15 is 0 Å². The highest BCUT2D eigenvalue weighted by atomic mass is 32.1. The lowest BCUT2D eigenvalue weighted by molar-refractivity contribution is -0.144. The number of aromatic nitrogens is 4. The third kappa shape index (κ3) is 10.5. The van der Waals surface area contributed by atoms with Crippen LogP contribution in [0.15, 0.2) is 35.3 Å². The number of aliphatic hydroxyl groups excluding tert-OH is 4. The zero-order valence-electron chi connectivity index (χ0n) is 25.9. The highest BCUT2D eigenvalue weighted by molar-refractivity contribution is 7.80. The standard InChI is InChI=1S/C28H35N9O12S/c29-28-36-22-19(25(45)37-28)32-13(8-31-22)7-30-12-3-1-11(2-4-12)23(43)33-14(26(46)47)5-6-17(40)35-18(21(42)20(41)16(39)9-38)24(44)34-15(10-50)27(48)49/h1-4,8,14-16,18,20-21,30,38-39,41-42,50H,5-7,9-10H2,(H,33,43)(H,34,44)(H,35,40)(H,46,47)(H,48,49)(H3,29,31,36,37,45)/t14?,15?,16-,18+,20-,21-/m1/s1. The third-order valence-corrected chi connectivity index (χ3v) is 7.40. The van der Waals surface area contributed by atoms with Gasteiger partial charge >= 0.3 is 11.9 Å². The number of aromatic amines is 1. The number of anilines is 2. The first-order valence-corrected chi connectivity index (χ1v) is 15.3. The maximum absolute atomic E-state index is 12.8. The van der Waals surface area contributed by atoms with E-state index in [9.17, 15) is 54.3 Å². The molecule has 3 rings (SSSR count). The SMILES string of the molecule is Nc1nc2ncc(CNc3ccc(C(=O)NC(CCC(=O)N[C@H](C(=O)NC(CS)C(=O)O)[C@@H](O)[C@H](O)[C@H](O)CO)C(=O)O)cc3)nc2c(=O)[nH]1. The summed E-state index contributed by atoms with van der Waals surface area (Å²) in [5.74, 6) is -6.66. The van der Waals surface area contributed by atoms with E-state index < -0.39 is 96.9 Å². The second-order valence-electron chi connectivity index (χ2n) is 10.7.